The number of anilines is 1. The number of hydrogen-bond acceptors (Lipinski definition) is 5. The van der Waals surface area contributed by atoms with Crippen molar-refractivity contribution in [1.82, 2.24) is 9.97 Å². The van der Waals surface area contributed by atoms with E-state index in [0.29, 0.717) is 24.3 Å². The van der Waals surface area contributed by atoms with Gasteiger partial charge >= 0.3 is 0 Å². The van der Waals surface area contributed by atoms with E-state index in [-0.39, 0.29) is 0 Å². The summed E-state index contributed by atoms with van der Waals surface area (Å²) in [6.07, 6.45) is 2.12. The van der Waals surface area contributed by atoms with Crippen molar-refractivity contribution in [3.05, 3.63) is 11.8 Å². The van der Waals surface area contributed by atoms with E-state index in [1.54, 1.807) is 0 Å². The second kappa shape index (κ2) is 6.88. The van der Waals surface area contributed by atoms with Crippen LogP contribution in [0.25, 0.3) is 0 Å². The van der Waals surface area contributed by atoms with Crippen LogP contribution >= 0.6 is 0 Å². The smallest absolute Gasteiger partial charge is 0.228 e. The van der Waals surface area contributed by atoms with E-state index in [0.717, 1.165) is 44.1 Å². The molecule has 1 aromatic heterocycles. The highest BCUT2D eigenvalue weighted by Crippen LogP contribution is 2.26. The Morgan fingerprint density at radius 1 is 1.45 bits per heavy atom. The molecule has 1 aliphatic rings. The van der Waals surface area contributed by atoms with Crippen molar-refractivity contribution in [2.75, 3.05) is 31.1 Å². The summed E-state index contributed by atoms with van der Waals surface area (Å²) in [4.78, 5) is 11.3. The molecule has 0 spiro atoms. The molecular weight excluding hydrogens is 252 g/mol. The van der Waals surface area contributed by atoms with Crippen LogP contribution in [0.4, 0.5) is 5.95 Å². The molecule has 1 fully saturated rings. The Hall–Kier alpha value is -1.36. The summed E-state index contributed by atoms with van der Waals surface area (Å²) in [6.45, 7) is 9.70. The van der Waals surface area contributed by atoms with Gasteiger partial charge in [-0.15, -0.1) is 0 Å². The Balaban J connectivity index is 2.13. The molecule has 5 nitrogen and oxygen atoms in total. The van der Waals surface area contributed by atoms with Gasteiger partial charge in [0.25, 0.3) is 0 Å². The molecule has 1 saturated heterocycles. The Morgan fingerprint density at radius 3 is 2.95 bits per heavy atom. The fraction of sp³-hybridized carbons (Fsp3) is 0.733. The molecule has 2 atom stereocenters. The number of hydrogen-bond donors (Lipinski definition) is 1. The lowest BCUT2D eigenvalue weighted by Crippen LogP contribution is -2.43. The van der Waals surface area contributed by atoms with Crippen molar-refractivity contribution >= 4 is 5.95 Å². The lowest BCUT2D eigenvalue weighted by Gasteiger charge is -2.36. The van der Waals surface area contributed by atoms with E-state index in [1.165, 1.54) is 0 Å². The van der Waals surface area contributed by atoms with Gasteiger partial charge in [0, 0.05) is 24.8 Å². The minimum Gasteiger partial charge on any atom is -0.478 e. The molecule has 0 amide bonds. The Bertz CT molecular complexity index is 438. The molecule has 20 heavy (non-hydrogen) atoms. The monoisotopic (exact) mass is 278 g/mol. The van der Waals surface area contributed by atoms with Crippen molar-refractivity contribution in [3.63, 3.8) is 0 Å². The normalized spacial score (nSPS) is 22.9. The quantitative estimate of drug-likeness (QED) is 0.892. The Morgan fingerprint density at radius 2 is 2.25 bits per heavy atom. The SMILES string of the molecule is CCCOc1cc(C)nc(N2CCC(C)C(CN)C2)n1. The van der Waals surface area contributed by atoms with Gasteiger partial charge < -0.3 is 15.4 Å². The molecule has 1 aliphatic heterocycles. The summed E-state index contributed by atoms with van der Waals surface area (Å²) in [6, 6.07) is 1.89. The minimum atomic E-state index is 0.521. The number of piperidine rings is 1. The number of ether oxygens (including phenoxy) is 1. The molecule has 0 radical (unpaired) electrons. The maximum Gasteiger partial charge on any atom is 0.228 e. The minimum absolute atomic E-state index is 0.521. The van der Waals surface area contributed by atoms with Crippen molar-refractivity contribution in [3.8, 4) is 5.88 Å². The number of nitrogens with zero attached hydrogens (tertiary/aromatic N) is 3. The van der Waals surface area contributed by atoms with E-state index in [2.05, 4.69) is 28.7 Å². The fourth-order valence-corrected chi connectivity index (χ4v) is 2.58. The van der Waals surface area contributed by atoms with Crippen LogP contribution in [0, 0.1) is 18.8 Å². The molecule has 2 heterocycles. The van der Waals surface area contributed by atoms with Gasteiger partial charge in [-0.3, -0.25) is 0 Å². The van der Waals surface area contributed by atoms with Crippen LogP contribution in [0.3, 0.4) is 0 Å². The largest absolute Gasteiger partial charge is 0.478 e. The predicted octanol–water partition coefficient (Wildman–Crippen LogP) is 1.99. The number of rotatable bonds is 5. The highest BCUT2D eigenvalue weighted by atomic mass is 16.5. The molecular formula is C15H26N4O. The second-order valence-corrected chi connectivity index (χ2v) is 5.70. The van der Waals surface area contributed by atoms with Crippen LogP contribution in [-0.2, 0) is 0 Å². The molecule has 0 aromatic carbocycles. The van der Waals surface area contributed by atoms with E-state index < -0.39 is 0 Å². The summed E-state index contributed by atoms with van der Waals surface area (Å²) < 4.78 is 5.64. The first-order valence-electron chi connectivity index (χ1n) is 7.57. The van der Waals surface area contributed by atoms with Gasteiger partial charge in [-0.1, -0.05) is 13.8 Å². The zero-order valence-corrected chi connectivity index (χ0v) is 12.8. The van der Waals surface area contributed by atoms with E-state index in [4.69, 9.17) is 10.5 Å². The average Bonchev–Trinajstić information content (AvgIpc) is 2.45. The van der Waals surface area contributed by atoms with Crippen molar-refractivity contribution in [2.24, 2.45) is 17.6 Å². The zero-order valence-electron chi connectivity index (χ0n) is 12.8. The van der Waals surface area contributed by atoms with Gasteiger partial charge in [0.15, 0.2) is 0 Å². The standard InChI is InChI=1S/C15H26N4O/c1-4-7-20-14-8-12(3)17-15(18-14)19-6-5-11(2)13(9-16)10-19/h8,11,13H,4-7,9-10,16H2,1-3H3. The van der Waals surface area contributed by atoms with Crippen molar-refractivity contribution in [1.29, 1.82) is 0 Å². The van der Waals surface area contributed by atoms with Gasteiger partial charge in [-0.05, 0) is 38.1 Å². The topological polar surface area (TPSA) is 64.3 Å². The van der Waals surface area contributed by atoms with Gasteiger partial charge in [0.2, 0.25) is 11.8 Å². The van der Waals surface area contributed by atoms with E-state index in [9.17, 15) is 0 Å². The van der Waals surface area contributed by atoms with Crippen LogP contribution in [0.2, 0.25) is 0 Å². The van der Waals surface area contributed by atoms with Gasteiger partial charge in [0.05, 0.1) is 6.61 Å². The molecule has 112 valence electrons. The van der Waals surface area contributed by atoms with Crippen molar-refractivity contribution in [2.45, 2.75) is 33.6 Å². The number of aryl methyl sites for hydroxylation is 1. The maximum atomic E-state index is 5.87. The number of nitrogens with two attached hydrogens (primary N) is 1. The van der Waals surface area contributed by atoms with Crippen molar-refractivity contribution < 1.29 is 4.74 Å². The average molecular weight is 278 g/mol. The van der Waals surface area contributed by atoms with Crippen LogP contribution in [0.5, 0.6) is 5.88 Å². The summed E-state index contributed by atoms with van der Waals surface area (Å²) in [5.41, 5.74) is 6.82. The lowest BCUT2D eigenvalue weighted by atomic mass is 9.87. The molecule has 2 unspecified atom stereocenters. The van der Waals surface area contributed by atoms with Crippen LogP contribution in [0.15, 0.2) is 6.07 Å². The van der Waals surface area contributed by atoms with E-state index in [1.807, 2.05) is 13.0 Å². The molecule has 2 N–H and O–H groups in total. The van der Waals surface area contributed by atoms with Crippen LogP contribution < -0.4 is 15.4 Å². The molecule has 1 aromatic rings. The zero-order chi connectivity index (χ0) is 14.5. The molecule has 2 rings (SSSR count). The Kier molecular flexibility index (Phi) is 5.17. The third-order valence-electron chi connectivity index (χ3n) is 3.97. The molecule has 0 bridgehead atoms. The maximum absolute atomic E-state index is 5.87. The summed E-state index contributed by atoms with van der Waals surface area (Å²) in [5, 5.41) is 0. The predicted molar refractivity (Wildman–Crippen MR) is 81.1 cm³/mol. The lowest BCUT2D eigenvalue weighted by molar-refractivity contribution is 0.296. The Labute approximate surface area is 121 Å². The van der Waals surface area contributed by atoms with Crippen LogP contribution in [0.1, 0.15) is 32.4 Å². The highest BCUT2D eigenvalue weighted by molar-refractivity contribution is 5.35. The van der Waals surface area contributed by atoms with Gasteiger partial charge in [0.1, 0.15) is 0 Å². The summed E-state index contributed by atoms with van der Waals surface area (Å²) in [5.74, 6) is 2.66. The van der Waals surface area contributed by atoms with Gasteiger partial charge in [-0.25, -0.2) is 4.98 Å². The molecule has 0 saturated carbocycles. The van der Waals surface area contributed by atoms with E-state index >= 15 is 0 Å². The van der Waals surface area contributed by atoms with Crippen LogP contribution in [-0.4, -0.2) is 36.2 Å². The molecule has 0 aliphatic carbocycles. The second-order valence-electron chi connectivity index (χ2n) is 5.70. The summed E-state index contributed by atoms with van der Waals surface area (Å²) >= 11 is 0. The highest BCUT2D eigenvalue weighted by Gasteiger charge is 2.26. The first-order valence-corrected chi connectivity index (χ1v) is 7.57. The summed E-state index contributed by atoms with van der Waals surface area (Å²) in [7, 11) is 0. The first kappa shape index (κ1) is 15.0. The van der Waals surface area contributed by atoms with Gasteiger partial charge in [-0.2, -0.15) is 4.98 Å². The molecule has 5 heteroatoms. The first-order chi connectivity index (χ1) is 9.63. The third kappa shape index (κ3) is 3.60. The third-order valence-corrected chi connectivity index (χ3v) is 3.97. The number of aromatic nitrogens is 2. The fourth-order valence-electron chi connectivity index (χ4n) is 2.58.